The molecule has 1 aliphatic rings. The summed E-state index contributed by atoms with van der Waals surface area (Å²) in [5.41, 5.74) is 4.71. The fraction of sp³-hybridized carbons (Fsp3) is 0.250. The van der Waals surface area contributed by atoms with Gasteiger partial charge in [-0.3, -0.25) is 9.36 Å². The number of likely N-dealkylation sites (tertiary alicyclic amines) is 1. The summed E-state index contributed by atoms with van der Waals surface area (Å²) in [7, 11) is 0. The Morgan fingerprint density at radius 2 is 1.70 bits per heavy atom. The lowest BCUT2D eigenvalue weighted by Crippen LogP contribution is -2.38. The maximum atomic E-state index is 13.6. The third-order valence-corrected chi connectivity index (χ3v) is 7.34. The van der Waals surface area contributed by atoms with Crippen LogP contribution in [0.5, 0.6) is 0 Å². The molecule has 2 N–H and O–H groups in total. The number of hydrogen-bond acceptors (Lipinski definition) is 5. The van der Waals surface area contributed by atoms with Crippen LogP contribution < -0.4 is 5.56 Å². The highest BCUT2D eigenvalue weighted by atomic mass is 35.5. The molecule has 0 amide bonds. The van der Waals surface area contributed by atoms with Crippen LogP contribution in [0.3, 0.4) is 0 Å². The zero-order valence-corrected chi connectivity index (χ0v) is 20.7. The van der Waals surface area contributed by atoms with E-state index in [9.17, 15) is 14.3 Å². The molecule has 0 radical (unpaired) electrons. The molecule has 2 aromatic heterocycles. The minimum atomic E-state index is -0.472. The first-order valence-corrected chi connectivity index (χ1v) is 12.7. The van der Waals surface area contributed by atoms with Crippen molar-refractivity contribution in [1.82, 2.24) is 24.4 Å². The van der Waals surface area contributed by atoms with Crippen molar-refractivity contribution in [2.45, 2.75) is 25.5 Å². The summed E-state index contributed by atoms with van der Waals surface area (Å²) in [6.45, 7) is 2.98. The molecule has 6 rings (SSSR count). The molecule has 0 aliphatic carbocycles. The molecule has 0 unspecified atom stereocenters. The Kier molecular flexibility index (Phi) is 6.24. The number of halogens is 2. The van der Waals surface area contributed by atoms with Crippen molar-refractivity contribution in [3.63, 3.8) is 0 Å². The van der Waals surface area contributed by atoms with Gasteiger partial charge >= 0.3 is 0 Å². The highest BCUT2D eigenvalue weighted by Gasteiger charge is 2.17. The van der Waals surface area contributed by atoms with E-state index in [1.807, 2.05) is 36.4 Å². The van der Waals surface area contributed by atoms with Gasteiger partial charge in [-0.15, -0.1) is 0 Å². The summed E-state index contributed by atoms with van der Waals surface area (Å²) < 4.78 is 15.2. The van der Waals surface area contributed by atoms with E-state index < -0.39 is 5.82 Å². The molecule has 1 fully saturated rings. The number of fused-ring (bicyclic) bond motifs is 2. The van der Waals surface area contributed by atoms with Crippen LogP contribution in [0.25, 0.3) is 44.5 Å². The van der Waals surface area contributed by atoms with Crippen LogP contribution in [-0.2, 0) is 6.54 Å². The molecular formula is C28H25ClFN5O2. The topological polar surface area (TPSA) is 87.0 Å². The Bertz CT molecular complexity index is 1670. The molecular weight excluding hydrogens is 493 g/mol. The van der Waals surface area contributed by atoms with E-state index in [2.05, 4.69) is 19.9 Å². The Hall–Kier alpha value is -3.59. The van der Waals surface area contributed by atoms with E-state index in [1.165, 1.54) is 6.07 Å². The number of aromatic amines is 1. The van der Waals surface area contributed by atoms with Gasteiger partial charge in [0.2, 0.25) is 0 Å². The van der Waals surface area contributed by atoms with Crippen LogP contribution in [0, 0.1) is 5.82 Å². The number of piperidine rings is 1. The highest BCUT2D eigenvalue weighted by Crippen LogP contribution is 2.29. The smallest absolute Gasteiger partial charge is 0.261 e. The normalized spacial score (nSPS) is 15.1. The highest BCUT2D eigenvalue weighted by molar-refractivity contribution is 6.31. The Labute approximate surface area is 217 Å². The predicted octanol–water partition coefficient (Wildman–Crippen LogP) is 4.86. The van der Waals surface area contributed by atoms with Gasteiger partial charge in [-0.25, -0.2) is 14.4 Å². The lowest BCUT2D eigenvalue weighted by molar-refractivity contribution is 0.0808. The molecule has 0 atom stereocenters. The lowest BCUT2D eigenvalue weighted by Gasteiger charge is -2.29. The maximum absolute atomic E-state index is 13.6. The zero-order valence-electron chi connectivity index (χ0n) is 20.0. The minimum absolute atomic E-state index is 0.0452. The van der Waals surface area contributed by atoms with Crippen molar-refractivity contribution in [3.8, 4) is 22.5 Å². The minimum Gasteiger partial charge on any atom is -0.393 e. The number of nitrogens with one attached hydrogen (secondary N) is 1. The van der Waals surface area contributed by atoms with Gasteiger partial charge in [0.1, 0.15) is 11.6 Å². The largest absolute Gasteiger partial charge is 0.393 e. The first-order valence-electron chi connectivity index (χ1n) is 12.3. The number of imidazole rings is 1. The zero-order chi connectivity index (χ0) is 25.5. The molecule has 3 heterocycles. The summed E-state index contributed by atoms with van der Waals surface area (Å²) in [6, 6.07) is 16.1. The van der Waals surface area contributed by atoms with Gasteiger partial charge in [-0.05, 0) is 66.4 Å². The van der Waals surface area contributed by atoms with Crippen LogP contribution >= 0.6 is 11.6 Å². The van der Waals surface area contributed by atoms with Crippen LogP contribution in [0.4, 0.5) is 4.39 Å². The maximum Gasteiger partial charge on any atom is 0.261 e. The van der Waals surface area contributed by atoms with E-state index in [4.69, 9.17) is 11.6 Å². The number of aliphatic hydroxyl groups excluding tert-OH is 1. The Balaban J connectivity index is 1.29. The molecule has 1 saturated heterocycles. The predicted molar refractivity (Wildman–Crippen MR) is 143 cm³/mol. The molecule has 188 valence electrons. The molecule has 3 aromatic carbocycles. The van der Waals surface area contributed by atoms with Crippen LogP contribution in [0.1, 0.15) is 12.8 Å². The van der Waals surface area contributed by atoms with Gasteiger partial charge in [0.15, 0.2) is 0 Å². The van der Waals surface area contributed by atoms with Crippen LogP contribution in [0.15, 0.2) is 65.7 Å². The quantitative estimate of drug-likeness (QED) is 0.348. The molecule has 5 aromatic rings. The van der Waals surface area contributed by atoms with E-state index in [0.717, 1.165) is 54.6 Å². The second kappa shape index (κ2) is 9.70. The van der Waals surface area contributed by atoms with Crippen molar-refractivity contribution in [2.75, 3.05) is 19.6 Å². The fourth-order valence-electron chi connectivity index (χ4n) is 4.86. The first-order chi connectivity index (χ1) is 17.9. The lowest BCUT2D eigenvalue weighted by atomic mass is 10.0. The second-order valence-electron chi connectivity index (χ2n) is 9.49. The third kappa shape index (κ3) is 4.75. The number of nitrogens with zero attached hydrogens (tertiary/aromatic N) is 4. The van der Waals surface area contributed by atoms with Gasteiger partial charge in [-0.2, -0.15) is 0 Å². The molecule has 7 nitrogen and oxygen atoms in total. The van der Waals surface area contributed by atoms with Crippen LogP contribution in [0.2, 0.25) is 5.02 Å². The van der Waals surface area contributed by atoms with Crippen molar-refractivity contribution >= 4 is 33.5 Å². The van der Waals surface area contributed by atoms with Crippen LogP contribution in [-0.4, -0.2) is 55.3 Å². The van der Waals surface area contributed by atoms with Crippen molar-refractivity contribution in [3.05, 3.63) is 82.1 Å². The van der Waals surface area contributed by atoms with Gasteiger partial charge < -0.3 is 15.0 Å². The van der Waals surface area contributed by atoms with E-state index in [1.54, 1.807) is 23.0 Å². The molecule has 0 spiro atoms. The number of aliphatic hydroxyl groups is 1. The fourth-order valence-corrected chi connectivity index (χ4v) is 5.04. The van der Waals surface area contributed by atoms with Gasteiger partial charge in [-0.1, -0.05) is 23.7 Å². The average Bonchev–Trinajstić information content (AvgIpc) is 3.34. The van der Waals surface area contributed by atoms with E-state index in [-0.39, 0.29) is 16.7 Å². The standard InChI is InChI=1S/C28H25ClFN5O2/c29-22-14-19(1-4-23(22)30)27-32-25-6-3-18(15-26(25)33-27)17-2-5-24-21(13-17)28(37)35(16-31-24)12-11-34-9-7-20(36)8-10-34/h1-6,13-16,20,36H,7-12H2,(H,32,33). The van der Waals surface area contributed by atoms with E-state index >= 15 is 0 Å². The van der Waals surface area contributed by atoms with Gasteiger partial charge in [0, 0.05) is 31.7 Å². The number of hydrogen-bond donors (Lipinski definition) is 2. The third-order valence-electron chi connectivity index (χ3n) is 7.05. The average molecular weight is 518 g/mol. The number of H-pyrrole nitrogens is 1. The summed E-state index contributed by atoms with van der Waals surface area (Å²) in [5.74, 6) is 0.128. The monoisotopic (exact) mass is 517 g/mol. The molecule has 37 heavy (non-hydrogen) atoms. The van der Waals surface area contributed by atoms with Gasteiger partial charge in [0.05, 0.1) is 39.4 Å². The van der Waals surface area contributed by atoms with Crippen molar-refractivity contribution in [2.24, 2.45) is 0 Å². The number of aromatic nitrogens is 4. The Morgan fingerprint density at radius 3 is 2.49 bits per heavy atom. The Morgan fingerprint density at radius 1 is 0.973 bits per heavy atom. The first kappa shape index (κ1) is 23.8. The van der Waals surface area contributed by atoms with E-state index in [0.29, 0.717) is 28.8 Å². The van der Waals surface area contributed by atoms with Crippen molar-refractivity contribution in [1.29, 1.82) is 0 Å². The second-order valence-corrected chi connectivity index (χ2v) is 9.90. The summed E-state index contributed by atoms with van der Waals surface area (Å²) in [5, 5.41) is 10.3. The number of benzene rings is 3. The molecule has 0 bridgehead atoms. The van der Waals surface area contributed by atoms with Crippen molar-refractivity contribution < 1.29 is 9.50 Å². The summed E-state index contributed by atoms with van der Waals surface area (Å²) in [4.78, 5) is 27.9. The molecule has 0 saturated carbocycles. The SMILES string of the molecule is O=c1c2cc(-c3ccc4nc(-c5ccc(F)c(Cl)c5)[nH]c4c3)ccc2ncn1CCN1CCC(O)CC1. The number of rotatable bonds is 5. The molecule has 9 heteroatoms. The summed E-state index contributed by atoms with van der Waals surface area (Å²) in [6.07, 6.45) is 2.94. The molecule has 1 aliphatic heterocycles. The van der Waals surface area contributed by atoms with Gasteiger partial charge in [0.25, 0.3) is 5.56 Å². The summed E-state index contributed by atoms with van der Waals surface area (Å²) >= 11 is 5.94.